The molecule has 0 amide bonds. The molecule has 3 heteroatoms. The average Bonchev–Trinajstić information content (AvgIpc) is 2.30. The van der Waals surface area contributed by atoms with E-state index in [-0.39, 0.29) is 12.3 Å². The number of aryl methyl sites for hydroxylation is 2. The van der Waals surface area contributed by atoms with Crippen LogP contribution in [0.1, 0.15) is 21.6 Å². The number of carbonyl (C=O) groups excluding carboxylic acids is 1. The van der Waals surface area contributed by atoms with E-state index in [1.54, 1.807) is 0 Å². The van der Waals surface area contributed by atoms with Crippen molar-refractivity contribution >= 4 is 5.78 Å². The Morgan fingerprint density at radius 1 is 1.64 bits per heavy atom. The molecule has 1 aromatic rings. The van der Waals surface area contributed by atoms with Crippen LogP contribution >= 0.6 is 0 Å². The van der Waals surface area contributed by atoms with Gasteiger partial charge in [0.25, 0.3) is 0 Å². The van der Waals surface area contributed by atoms with E-state index in [2.05, 4.69) is 4.98 Å². The summed E-state index contributed by atoms with van der Waals surface area (Å²) in [5.74, 6) is 0.00116. The van der Waals surface area contributed by atoms with Gasteiger partial charge in [0.2, 0.25) is 0 Å². The Morgan fingerprint density at radius 3 is 2.64 bits per heavy atom. The number of nitrogens with two attached hydrogens (primary N) is 1. The molecule has 3 nitrogen and oxygen atoms in total. The van der Waals surface area contributed by atoms with Gasteiger partial charge in [-0.3, -0.25) is 4.79 Å². The summed E-state index contributed by atoms with van der Waals surface area (Å²) in [5.41, 5.74) is 7.85. The van der Waals surface area contributed by atoms with Gasteiger partial charge >= 0.3 is 0 Å². The number of H-pyrrole nitrogens is 1. The van der Waals surface area contributed by atoms with Crippen molar-refractivity contribution in [1.29, 1.82) is 0 Å². The number of Topliss-reactive ketones (excluding diaryl/α,β-unsaturated/α-hetero) is 1. The Hall–Kier alpha value is -1.09. The molecule has 1 aromatic heterocycles. The van der Waals surface area contributed by atoms with Gasteiger partial charge in [0, 0.05) is 17.5 Å². The third kappa shape index (κ3) is 1.33. The second kappa shape index (κ2) is 2.88. The van der Waals surface area contributed by atoms with Gasteiger partial charge in [-0.25, -0.2) is 0 Å². The molecule has 0 atom stereocenters. The van der Waals surface area contributed by atoms with Crippen molar-refractivity contribution in [2.45, 2.75) is 13.8 Å². The van der Waals surface area contributed by atoms with Gasteiger partial charge in [-0.2, -0.15) is 0 Å². The second-order valence-electron chi connectivity index (χ2n) is 2.60. The molecule has 0 fully saturated rings. The average molecular weight is 152 g/mol. The third-order valence-electron chi connectivity index (χ3n) is 1.74. The zero-order chi connectivity index (χ0) is 8.43. The molecule has 60 valence electrons. The number of carbonyl (C=O) groups is 1. The summed E-state index contributed by atoms with van der Waals surface area (Å²) in [7, 11) is 0. The fraction of sp³-hybridized carbons (Fsp3) is 0.375. The lowest BCUT2D eigenvalue weighted by molar-refractivity contribution is 0.100. The Balaban J connectivity index is 3.10. The van der Waals surface area contributed by atoms with E-state index in [1.165, 1.54) is 0 Å². The monoisotopic (exact) mass is 152 g/mol. The van der Waals surface area contributed by atoms with Crippen LogP contribution in [0.2, 0.25) is 0 Å². The zero-order valence-corrected chi connectivity index (χ0v) is 6.77. The Morgan fingerprint density at radius 2 is 2.27 bits per heavy atom. The van der Waals surface area contributed by atoms with Gasteiger partial charge in [0.05, 0.1) is 6.54 Å². The summed E-state index contributed by atoms with van der Waals surface area (Å²) >= 11 is 0. The maximum atomic E-state index is 11.2. The van der Waals surface area contributed by atoms with E-state index < -0.39 is 0 Å². The van der Waals surface area contributed by atoms with E-state index in [1.807, 2.05) is 20.0 Å². The molecular weight excluding hydrogens is 140 g/mol. The van der Waals surface area contributed by atoms with Crippen molar-refractivity contribution < 1.29 is 4.79 Å². The lowest BCUT2D eigenvalue weighted by Gasteiger charge is -1.96. The quantitative estimate of drug-likeness (QED) is 0.615. The first kappa shape index (κ1) is 8.01. The minimum Gasteiger partial charge on any atom is -0.364 e. The van der Waals surface area contributed by atoms with Crippen LogP contribution in [0, 0.1) is 13.8 Å². The topological polar surface area (TPSA) is 58.9 Å². The highest BCUT2D eigenvalue weighted by Crippen LogP contribution is 2.11. The van der Waals surface area contributed by atoms with Gasteiger partial charge in [0.1, 0.15) is 0 Å². The zero-order valence-electron chi connectivity index (χ0n) is 6.77. The molecule has 3 N–H and O–H groups in total. The Kier molecular flexibility index (Phi) is 2.10. The van der Waals surface area contributed by atoms with Crippen LogP contribution in [0.15, 0.2) is 6.20 Å². The maximum Gasteiger partial charge on any atom is 0.178 e. The molecule has 11 heavy (non-hydrogen) atoms. The van der Waals surface area contributed by atoms with Gasteiger partial charge in [-0.1, -0.05) is 0 Å². The summed E-state index contributed by atoms with van der Waals surface area (Å²) in [6.07, 6.45) is 1.82. The van der Waals surface area contributed by atoms with E-state index in [0.717, 1.165) is 16.8 Å². The number of rotatable bonds is 2. The molecule has 1 heterocycles. The molecule has 0 spiro atoms. The van der Waals surface area contributed by atoms with Crippen LogP contribution in [-0.2, 0) is 0 Å². The van der Waals surface area contributed by atoms with Crippen molar-refractivity contribution in [3.63, 3.8) is 0 Å². The van der Waals surface area contributed by atoms with Crippen LogP contribution in [0.25, 0.3) is 0 Å². The molecular formula is C8H12N2O. The van der Waals surface area contributed by atoms with Crippen LogP contribution < -0.4 is 5.73 Å². The lowest BCUT2D eigenvalue weighted by atomic mass is 10.1. The van der Waals surface area contributed by atoms with Gasteiger partial charge < -0.3 is 10.7 Å². The molecule has 0 aliphatic heterocycles. The van der Waals surface area contributed by atoms with Crippen molar-refractivity contribution in [3.8, 4) is 0 Å². The van der Waals surface area contributed by atoms with Crippen LogP contribution in [0.4, 0.5) is 0 Å². The molecule has 0 saturated heterocycles. The van der Waals surface area contributed by atoms with E-state index in [0.29, 0.717) is 0 Å². The number of aromatic amines is 1. The summed E-state index contributed by atoms with van der Waals surface area (Å²) in [6, 6.07) is 0. The van der Waals surface area contributed by atoms with Crippen LogP contribution in [0.5, 0.6) is 0 Å². The Bertz CT molecular complexity index is 256. The standard InChI is InChI=1S/C8H12N2O/c1-5-4-10-6(2)8(5)7(11)3-9/h4,10H,3,9H2,1-2H3. The van der Waals surface area contributed by atoms with Crippen molar-refractivity contribution in [1.82, 2.24) is 4.98 Å². The number of hydrogen-bond acceptors (Lipinski definition) is 2. The van der Waals surface area contributed by atoms with Gasteiger partial charge in [-0.15, -0.1) is 0 Å². The third-order valence-corrected chi connectivity index (χ3v) is 1.74. The van der Waals surface area contributed by atoms with E-state index >= 15 is 0 Å². The summed E-state index contributed by atoms with van der Waals surface area (Å²) in [6.45, 7) is 3.85. The second-order valence-corrected chi connectivity index (χ2v) is 2.60. The molecule has 1 rings (SSSR count). The Labute approximate surface area is 65.6 Å². The first-order valence-electron chi connectivity index (χ1n) is 3.54. The largest absolute Gasteiger partial charge is 0.364 e. The molecule has 0 radical (unpaired) electrons. The minimum absolute atomic E-state index is 0.00116. The van der Waals surface area contributed by atoms with Crippen LogP contribution in [0.3, 0.4) is 0 Å². The highest BCUT2D eigenvalue weighted by atomic mass is 16.1. The molecule has 0 saturated carbocycles. The highest BCUT2D eigenvalue weighted by Gasteiger charge is 2.10. The normalized spacial score (nSPS) is 10.1. The molecule has 0 unspecified atom stereocenters. The van der Waals surface area contributed by atoms with Crippen molar-refractivity contribution in [2.24, 2.45) is 5.73 Å². The predicted molar refractivity (Wildman–Crippen MR) is 43.7 cm³/mol. The number of ketones is 1. The number of hydrogen-bond donors (Lipinski definition) is 2. The first-order chi connectivity index (χ1) is 5.16. The fourth-order valence-electron chi connectivity index (χ4n) is 1.19. The lowest BCUT2D eigenvalue weighted by Crippen LogP contribution is -2.14. The predicted octanol–water partition coefficient (Wildman–Crippen LogP) is 0.773. The molecule has 0 aliphatic rings. The minimum atomic E-state index is 0.00116. The number of nitrogens with one attached hydrogen (secondary N) is 1. The smallest absolute Gasteiger partial charge is 0.178 e. The van der Waals surface area contributed by atoms with Crippen LogP contribution in [-0.4, -0.2) is 17.3 Å². The molecule has 0 aliphatic carbocycles. The molecule has 0 bridgehead atoms. The van der Waals surface area contributed by atoms with Gasteiger partial charge in [0.15, 0.2) is 5.78 Å². The van der Waals surface area contributed by atoms with Gasteiger partial charge in [-0.05, 0) is 19.4 Å². The number of aromatic nitrogens is 1. The summed E-state index contributed by atoms with van der Waals surface area (Å²) in [4.78, 5) is 14.1. The first-order valence-corrected chi connectivity index (χ1v) is 3.54. The van der Waals surface area contributed by atoms with Crippen molar-refractivity contribution in [2.75, 3.05) is 6.54 Å². The molecule has 0 aromatic carbocycles. The SMILES string of the molecule is Cc1c[nH]c(C)c1C(=O)CN. The van der Waals surface area contributed by atoms with E-state index in [4.69, 9.17) is 5.73 Å². The highest BCUT2D eigenvalue weighted by molar-refractivity contribution is 5.99. The summed E-state index contributed by atoms with van der Waals surface area (Å²) in [5, 5.41) is 0. The fourth-order valence-corrected chi connectivity index (χ4v) is 1.19. The van der Waals surface area contributed by atoms with E-state index in [9.17, 15) is 4.79 Å². The van der Waals surface area contributed by atoms with Crippen molar-refractivity contribution in [3.05, 3.63) is 23.0 Å². The maximum absolute atomic E-state index is 11.2. The summed E-state index contributed by atoms with van der Waals surface area (Å²) < 4.78 is 0.